The Bertz CT molecular complexity index is 837. The predicted molar refractivity (Wildman–Crippen MR) is 105 cm³/mol. The number of hydrogen-bond donors (Lipinski definition) is 1. The van der Waals surface area contributed by atoms with Gasteiger partial charge in [0.1, 0.15) is 5.82 Å². The average Bonchev–Trinajstić information content (AvgIpc) is 3.20. The number of carbonyl (C=O) groups excluding carboxylic acids is 1. The summed E-state index contributed by atoms with van der Waals surface area (Å²) in [5.41, 5.74) is 1.25. The van der Waals surface area contributed by atoms with Crippen molar-refractivity contribution in [2.75, 3.05) is 51.0 Å². The van der Waals surface area contributed by atoms with Gasteiger partial charge < -0.3 is 19.7 Å². The number of halogens is 1. The van der Waals surface area contributed by atoms with Crippen molar-refractivity contribution >= 4 is 11.6 Å². The van der Waals surface area contributed by atoms with E-state index in [1.165, 1.54) is 6.07 Å². The first-order chi connectivity index (χ1) is 13.7. The number of para-hydroxylation sites is 1. The number of hydrogen-bond acceptors (Lipinski definition) is 5. The fourth-order valence-corrected chi connectivity index (χ4v) is 3.56. The van der Waals surface area contributed by atoms with Crippen molar-refractivity contribution in [3.05, 3.63) is 53.8 Å². The van der Waals surface area contributed by atoms with Gasteiger partial charge >= 0.3 is 0 Å². The molecule has 148 valence electrons. The summed E-state index contributed by atoms with van der Waals surface area (Å²) in [6.45, 7) is 5.13. The summed E-state index contributed by atoms with van der Waals surface area (Å²) in [7, 11) is 0. The smallest absolute Gasteiger partial charge is 0.251 e. The molecule has 0 spiro atoms. The maximum atomic E-state index is 13.9. The molecule has 28 heavy (non-hydrogen) atoms. The first-order valence-corrected chi connectivity index (χ1v) is 9.60. The molecule has 1 saturated heterocycles. The zero-order valence-electron chi connectivity index (χ0n) is 15.7. The van der Waals surface area contributed by atoms with Gasteiger partial charge in [-0.25, -0.2) is 4.39 Å². The lowest BCUT2D eigenvalue weighted by molar-refractivity contribution is 0.0951. The van der Waals surface area contributed by atoms with E-state index < -0.39 is 0 Å². The molecule has 0 aromatic heterocycles. The van der Waals surface area contributed by atoms with Crippen molar-refractivity contribution in [2.45, 2.75) is 6.42 Å². The van der Waals surface area contributed by atoms with E-state index in [1.54, 1.807) is 24.3 Å². The summed E-state index contributed by atoms with van der Waals surface area (Å²) in [4.78, 5) is 16.7. The van der Waals surface area contributed by atoms with Crippen LogP contribution in [0.4, 0.5) is 10.1 Å². The van der Waals surface area contributed by atoms with Gasteiger partial charge in [0.2, 0.25) is 6.79 Å². The van der Waals surface area contributed by atoms with E-state index in [0.29, 0.717) is 29.3 Å². The Morgan fingerprint density at radius 3 is 2.64 bits per heavy atom. The number of rotatable bonds is 6. The van der Waals surface area contributed by atoms with Crippen molar-refractivity contribution < 1.29 is 18.7 Å². The number of piperazine rings is 1. The Morgan fingerprint density at radius 2 is 1.82 bits per heavy atom. The first kappa shape index (κ1) is 18.6. The van der Waals surface area contributed by atoms with Crippen LogP contribution in [-0.4, -0.2) is 56.9 Å². The van der Waals surface area contributed by atoms with Crippen LogP contribution in [-0.2, 0) is 0 Å². The van der Waals surface area contributed by atoms with Crippen LogP contribution in [0.3, 0.4) is 0 Å². The predicted octanol–water partition coefficient (Wildman–Crippen LogP) is 2.50. The van der Waals surface area contributed by atoms with Crippen molar-refractivity contribution in [2.24, 2.45) is 0 Å². The highest BCUT2D eigenvalue weighted by molar-refractivity contribution is 5.94. The summed E-state index contributed by atoms with van der Waals surface area (Å²) < 4.78 is 24.5. The molecule has 7 heteroatoms. The standard InChI is InChI=1S/C21H24FN3O3/c22-17-4-1-2-5-18(17)25-12-10-24(11-13-25)9-3-8-23-21(26)16-6-7-19-20(14-16)28-15-27-19/h1-2,4-7,14H,3,8-13,15H2,(H,23,26). The average molecular weight is 385 g/mol. The molecule has 4 rings (SSSR count). The van der Waals surface area contributed by atoms with E-state index in [-0.39, 0.29) is 18.5 Å². The Balaban J connectivity index is 1.17. The molecule has 0 radical (unpaired) electrons. The van der Waals surface area contributed by atoms with E-state index in [4.69, 9.17) is 9.47 Å². The molecular formula is C21H24FN3O3. The maximum absolute atomic E-state index is 13.9. The zero-order chi connectivity index (χ0) is 19.3. The summed E-state index contributed by atoms with van der Waals surface area (Å²) in [6, 6.07) is 12.1. The quantitative estimate of drug-likeness (QED) is 0.775. The highest BCUT2D eigenvalue weighted by Crippen LogP contribution is 2.32. The molecule has 2 aromatic rings. The molecule has 2 aliphatic heterocycles. The van der Waals surface area contributed by atoms with Crippen LogP contribution in [0.5, 0.6) is 11.5 Å². The molecule has 0 saturated carbocycles. The molecule has 1 fully saturated rings. The lowest BCUT2D eigenvalue weighted by Gasteiger charge is -2.36. The molecule has 6 nitrogen and oxygen atoms in total. The number of nitrogens with one attached hydrogen (secondary N) is 1. The fourth-order valence-electron chi connectivity index (χ4n) is 3.56. The fraction of sp³-hybridized carbons (Fsp3) is 0.381. The second-order valence-corrected chi connectivity index (χ2v) is 6.96. The Labute approximate surface area is 163 Å². The Morgan fingerprint density at radius 1 is 1.04 bits per heavy atom. The van der Waals surface area contributed by atoms with Crippen molar-refractivity contribution in [3.63, 3.8) is 0 Å². The highest BCUT2D eigenvalue weighted by atomic mass is 19.1. The highest BCUT2D eigenvalue weighted by Gasteiger charge is 2.19. The second-order valence-electron chi connectivity index (χ2n) is 6.96. The van der Waals surface area contributed by atoms with Gasteiger partial charge in [-0.3, -0.25) is 9.69 Å². The number of fused-ring (bicyclic) bond motifs is 1. The number of ether oxygens (including phenoxy) is 2. The van der Waals surface area contributed by atoms with E-state index in [9.17, 15) is 9.18 Å². The minimum Gasteiger partial charge on any atom is -0.454 e. The van der Waals surface area contributed by atoms with Gasteiger partial charge in [-0.2, -0.15) is 0 Å². The summed E-state index contributed by atoms with van der Waals surface area (Å²) in [5, 5.41) is 2.95. The molecule has 2 aliphatic rings. The van der Waals surface area contributed by atoms with Crippen LogP contribution in [0.1, 0.15) is 16.8 Å². The van der Waals surface area contributed by atoms with Crippen LogP contribution < -0.4 is 19.7 Å². The van der Waals surface area contributed by atoms with E-state index in [1.807, 2.05) is 12.1 Å². The summed E-state index contributed by atoms with van der Waals surface area (Å²) in [5.74, 6) is 1.01. The first-order valence-electron chi connectivity index (χ1n) is 9.60. The molecule has 1 N–H and O–H groups in total. The lowest BCUT2D eigenvalue weighted by atomic mass is 10.2. The zero-order valence-corrected chi connectivity index (χ0v) is 15.7. The van der Waals surface area contributed by atoms with Crippen LogP contribution in [0.25, 0.3) is 0 Å². The molecule has 0 bridgehead atoms. The molecule has 1 amide bonds. The van der Waals surface area contributed by atoms with Gasteiger partial charge in [-0.15, -0.1) is 0 Å². The number of benzene rings is 2. The van der Waals surface area contributed by atoms with Crippen LogP contribution in [0.15, 0.2) is 42.5 Å². The van der Waals surface area contributed by atoms with E-state index >= 15 is 0 Å². The number of amides is 1. The van der Waals surface area contributed by atoms with E-state index in [2.05, 4.69) is 15.1 Å². The summed E-state index contributed by atoms with van der Waals surface area (Å²) in [6.07, 6.45) is 0.871. The molecule has 0 aliphatic carbocycles. The normalized spacial score (nSPS) is 16.2. The van der Waals surface area contributed by atoms with Gasteiger partial charge in [-0.1, -0.05) is 12.1 Å². The minimum atomic E-state index is -0.165. The molecule has 0 atom stereocenters. The second kappa shape index (κ2) is 8.48. The van der Waals surface area contributed by atoms with Gasteiger partial charge in [0, 0.05) is 38.3 Å². The third kappa shape index (κ3) is 4.20. The van der Waals surface area contributed by atoms with Crippen LogP contribution in [0.2, 0.25) is 0 Å². The molecular weight excluding hydrogens is 361 g/mol. The van der Waals surface area contributed by atoms with E-state index in [0.717, 1.165) is 39.1 Å². The van der Waals surface area contributed by atoms with Crippen LogP contribution in [0, 0.1) is 5.82 Å². The van der Waals surface area contributed by atoms with Crippen LogP contribution >= 0.6 is 0 Å². The lowest BCUT2D eigenvalue weighted by Crippen LogP contribution is -2.47. The number of carbonyl (C=O) groups is 1. The van der Waals surface area contributed by atoms with Gasteiger partial charge in [0.05, 0.1) is 5.69 Å². The van der Waals surface area contributed by atoms with Gasteiger partial charge in [-0.05, 0) is 43.3 Å². The van der Waals surface area contributed by atoms with Crippen molar-refractivity contribution in [1.29, 1.82) is 0 Å². The van der Waals surface area contributed by atoms with Gasteiger partial charge in [0.15, 0.2) is 11.5 Å². The maximum Gasteiger partial charge on any atom is 0.251 e. The molecule has 2 aromatic carbocycles. The monoisotopic (exact) mass is 385 g/mol. The Kier molecular flexibility index (Phi) is 5.62. The van der Waals surface area contributed by atoms with Crippen molar-refractivity contribution in [3.8, 4) is 11.5 Å². The molecule has 0 unspecified atom stereocenters. The Hall–Kier alpha value is -2.80. The largest absolute Gasteiger partial charge is 0.454 e. The topological polar surface area (TPSA) is 54.0 Å². The molecule has 2 heterocycles. The third-order valence-electron chi connectivity index (χ3n) is 5.14. The SMILES string of the molecule is O=C(NCCCN1CCN(c2ccccc2F)CC1)c1ccc2c(c1)OCO2. The third-order valence-corrected chi connectivity index (χ3v) is 5.14. The number of anilines is 1. The van der Waals surface area contributed by atoms with Gasteiger partial charge in [0.25, 0.3) is 5.91 Å². The number of nitrogens with zero attached hydrogens (tertiary/aromatic N) is 2. The minimum absolute atomic E-state index is 0.109. The van der Waals surface area contributed by atoms with Crippen molar-refractivity contribution in [1.82, 2.24) is 10.2 Å². The summed E-state index contributed by atoms with van der Waals surface area (Å²) >= 11 is 0.